The number of likely N-dealkylation sites (tertiary alicyclic amines) is 1. The summed E-state index contributed by atoms with van der Waals surface area (Å²) in [6, 6.07) is 14.2. The molecule has 0 radical (unpaired) electrons. The summed E-state index contributed by atoms with van der Waals surface area (Å²) in [5.41, 5.74) is 1.90. The number of para-hydroxylation sites is 1. The molecule has 2 aromatic rings. The van der Waals surface area contributed by atoms with Crippen molar-refractivity contribution < 1.29 is 4.74 Å². The van der Waals surface area contributed by atoms with E-state index in [0.717, 1.165) is 31.8 Å². The Hall–Kier alpha value is -2.25. The van der Waals surface area contributed by atoms with Crippen LogP contribution < -0.4 is 4.74 Å². The van der Waals surface area contributed by atoms with Crippen molar-refractivity contribution in [3.05, 3.63) is 53.9 Å². The molecule has 21 heavy (non-hydrogen) atoms. The number of benzene rings is 1. The zero-order chi connectivity index (χ0) is 14.7. The molecule has 4 nitrogen and oxygen atoms in total. The summed E-state index contributed by atoms with van der Waals surface area (Å²) in [6.07, 6.45) is 3.34. The van der Waals surface area contributed by atoms with E-state index in [1.807, 2.05) is 54.2 Å². The maximum Gasteiger partial charge on any atom is 0.120 e. The third kappa shape index (κ3) is 3.26. The van der Waals surface area contributed by atoms with Gasteiger partial charge in [0, 0.05) is 32.9 Å². The van der Waals surface area contributed by atoms with Gasteiger partial charge in [0.1, 0.15) is 23.6 Å². The third-order valence-corrected chi connectivity index (χ3v) is 3.86. The molecular weight excluding hydrogens is 262 g/mol. The molecule has 0 spiro atoms. The number of rotatable bonds is 4. The summed E-state index contributed by atoms with van der Waals surface area (Å²) in [4.78, 5) is 2.38. The number of nitriles is 1. The summed E-state index contributed by atoms with van der Waals surface area (Å²) in [7, 11) is 1.91. The van der Waals surface area contributed by atoms with E-state index >= 15 is 0 Å². The van der Waals surface area contributed by atoms with Crippen molar-refractivity contribution in [1.82, 2.24) is 9.47 Å². The molecule has 1 aromatic carbocycles. The molecule has 1 atom stereocenters. The first-order valence-electron chi connectivity index (χ1n) is 7.24. The Morgan fingerprint density at radius 1 is 1.33 bits per heavy atom. The fourth-order valence-electron chi connectivity index (χ4n) is 2.82. The zero-order valence-corrected chi connectivity index (χ0v) is 12.2. The van der Waals surface area contributed by atoms with Crippen molar-refractivity contribution >= 4 is 0 Å². The van der Waals surface area contributed by atoms with E-state index in [2.05, 4.69) is 11.0 Å². The standard InChI is InChI=1S/C17H19N3O/c1-19-11-14(9-15(19)10-18)12-20-8-7-17(13-20)21-16-5-3-2-4-6-16/h2-6,9,11,17H,7-8,12-13H2,1H3. The molecule has 1 saturated heterocycles. The second-order valence-corrected chi connectivity index (χ2v) is 5.53. The Labute approximate surface area is 125 Å². The van der Waals surface area contributed by atoms with Crippen LogP contribution in [0.2, 0.25) is 0 Å². The molecule has 0 aliphatic carbocycles. The van der Waals surface area contributed by atoms with Gasteiger partial charge in [-0.3, -0.25) is 4.90 Å². The third-order valence-electron chi connectivity index (χ3n) is 3.86. The average Bonchev–Trinajstić information content (AvgIpc) is 3.07. The Morgan fingerprint density at radius 2 is 2.14 bits per heavy atom. The maximum atomic E-state index is 8.99. The van der Waals surface area contributed by atoms with Crippen molar-refractivity contribution in [2.45, 2.75) is 19.1 Å². The highest BCUT2D eigenvalue weighted by Gasteiger charge is 2.24. The summed E-state index contributed by atoms with van der Waals surface area (Å²) >= 11 is 0. The molecule has 0 N–H and O–H groups in total. The van der Waals surface area contributed by atoms with Crippen LogP contribution in [-0.2, 0) is 13.6 Å². The first-order valence-corrected chi connectivity index (χ1v) is 7.24. The van der Waals surface area contributed by atoms with E-state index < -0.39 is 0 Å². The van der Waals surface area contributed by atoms with E-state index in [4.69, 9.17) is 10.00 Å². The summed E-state index contributed by atoms with van der Waals surface area (Å²) in [5, 5.41) is 8.99. The Balaban J connectivity index is 1.56. The van der Waals surface area contributed by atoms with Gasteiger partial charge in [0.25, 0.3) is 0 Å². The summed E-state index contributed by atoms with van der Waals surface area (Å²) in [5.74, 6) is 0.941. The number of hydrogen-bond donors (Lipinski definition) is 0. The molecule has 108 valence electrons. The molecule has 1 unspecified atom stereocenters. The molecule has 1 aliphatic rings. The van der Waals surface area contributed by atoms with E-state index in [0.29, 0.717) is 5.69 Å². The van der Waals surface area contributed by atoms with E-state index in [1.165, 1.54) is 5.56 Å². The Morgan fingerprint density at radius 3 is 2.86 bits per heavy atom. The number of aryl methyl sites for hydroxylation is 1. The second kappa shape index (κ2) is 6.02. The minimum atomic E-state index is 0.256. The molecule has 1 aromatic heterocycles. The van der Waals surface area contributed by atoms with Gasteiger partial charge >= 0.3 is 0 Å². The van der Waals surface area contributed by atoms with Crippen molar-refractivity contribution in [1.29, 1.82) is 5.26 Å². The van der Waals surface area contributed by atoms with Crippen LogP contribution in [0.5, 0.6) is 5.75 Å². The topological polar surface area (TPSA) is 41.2 Å². The number of aromatic nitrogens is 1. The number of ether oxygens (including phenoxy) is 1. The number of nitrogens with zero attached hydrogens (tertiary/aromatic N) is 3. The van der Waals surface area contributed by atoms with Crippen molar-refractivity contribution in [3.8, 4) is 11.8 Å². The Bertz CT molecular complexity index is 642. The van der Waals surface area contributed by atoms with Gasteiger partial charge < -0.3 is 9.30 Å². The van der Waals surface area contributed by atoms with Gasteiger partial charge in [-0.2, -0.15) is 5.26 Å². The van der Waals surface area contributed by atoms with Gasteiger partial charge in [-0.05, 0) is 30.2 Å². The molecule has 1 aliphatic heterocycles. The van der Waals surface area contributed by atoms with Crippen LogP contribution >= 0.6 is 0 Å². The lowest BCUT2D eigenvalue weighted by atomic mass is 10.3. The lowest BCUT2D eigenvalue weighted by Crippen LogP contribution is -2.24. The normalized spacial score (nSPS) is 18.6. The first kappa shape index (κ1) is 13.7. The highest BCUT2D eigenvalue weighted by atomic mass is 16.5. The van der Waals surface area contributed by atoms with Crippen LogP contribution in [0.4, 0.5) is 0 Å². The molecule has 2 heterocycles. The fourth-order valence-corrected chi connectivity index (χ4v) is 2.82. The van der Waals surface area contributed by atoms with Crippen LogP contribution in [0.3, 0.4) is 0 Å². The highest BCUT2D eigenvalue weighted by molar-refractivity contribution is 5.28. The fraction of sp³-hybridized carbons (Fsp3) is 0.353. The van der Waals surface area contributed by atoms with Crippen molar-refractivity contribution in [2.75, 3.05) is 13.1 Å². The van der Waals surface area contributed by atoms with Crippen LogP contribution in [-0.4, -0.2) is 28.7 Å². The van der Waals surface area contributed by atoms with Crippen LogP contribution in [0.25, 0.3) is 0 Å². The monoisotopic (exact) mass is 281 g/mol. The van der Waals surface area contributed by atoms with Gasteiger partial charge in [-0.15, -0.1) is 0 Å². The summed E-state index contributed by atoms with van der Waals surface area (Å²) < 4.78 is 7.87. The average molecular weight is 281 g/mol. The molecule has 1 fully saturated rings. The van der Waals surface area contributed by atoms with Gasteiger partial charge in [-0.25, -0.2) is 0 Å². The largest absolute Gasteiger partial charge is 0.489 e. The molecule has 0 bridgehead atoms. The minimum Gasteiger partial charge on any atom is -0.489 e. The molecule has 3 rings (SSSR count). The van der Waals surface area contributed by atoms with Gasteiger partial charge in [0.2, 0.25) is 0 Å². The van der Waals surface area contributed by atoms with Crippen molar-refractivity contribution in [2.24, 2.45) is 7.05 Å². The van der Waals surface area contributed by atoms with Crippen molar-refractivity contribution in [3.63, 3.8) is 0 Å². The smallest absolute Gasteiger partial charge is 0.120 e. The van der Waals surface area contributed by atoms with E-state index in [9.17, 15) is 0 Å². The first-order chi connectivity index (χ1) is 10.2. The van der Waals surface area contributed by atoms with Gasteiger partial charge in [0.15, 0.2) is 0 Å². The molecule has 0 amide bonds. The zero-order valence-electron chi connectivity index (χ0n) is 12.2. The van der Waals surface area contributed by atoms with E-state index in [1.54, 1.807) is 0 Å². The summed E-state index contributed by atoms with van der Waals surface area (Å²) in [6.45, 7) is 2.85. The SMILES string of the molecule is Cn1cc(CN2CCC(Oc3ccccc3)C2)cc1C#N. The van der Waals surface area contributed by atoms with Crippen LogP contribution in [0.15, 0.2) is 42.6 Å². The molecule has 4 heteroatoms. The molecule has 0 saturated carbocycles. The maximum absolute atomic E-state index is 8.99. The number of hydrogen-bond acceptors (Lipinski definition) is 3. The van der Waals surface area contributed by atoms with Gasteiger partial charge in [-0.1, -0.05) is 18.2 Å². The molecular formula is C17H19N3O. The lowest BCUT2D eigenvalue weighted by molar-refractivity contribution is 0.198. The van der Waals surface area contributed by atoms with Crippen LogP contribution in [0.1, 0.15) is 17.7 Å². The van der Waals surface area contributed by atoms with Crippen LogP contribution in [0, 0.1) is 11.3 Å². The van der Waals surface area contributed by atoms with Gasteiger partial charge in [0.05, 0.1) is 0 Å². The van der Waals surface area contributed by atoms with E-state index in [-0.39, 0.29) is 6.10 Å². The predicted molar refractivity (Wildman–Crippen MR) is 80.9 cm³/mol. The lowest BCUT2D eigenvalue weighted by Gasteiger charge is -2.16. The minimum absolute atomic E-state index is 0.256. The predicted octanol–water partition coefficient (Wildman–Crippen LogP) is 2.55. The highest BCUT2D eigenvalue weighted by Crippen LogP contribution is 2.20. The Kier molecular flexibility index (Phi) is 3.94. The second-order valence-electron chi connectivity index (χ2n) is 5.53. The quantitative estimate of drug-likeness (QED) is 0.865.